The summed E-state index contributed by atoms with van der Waals surface area (Å²) in [6.07, 6.45) is -1.15. The van der Waals surface area contributed by atoms with Gasteiger partial charge in [-0.3, -0.25) is 4.79 Å². The SMILES string of the molecule is Cc1ccc([C@H](O)CNC(=O)[C@H]2CNCCO2)cc1. The summed E-state index contributed by atoms with van der Waals surface area (Å²) in [6.45, 7) is 4.02. The predicted molar refractivity (Wildman–Crippen MR) is 71.8 cm³/mol. The average Bonchev–Trinajstić information content (AvgIpc) is 2.46. The van der Waals surface area contributed by atoms with E-state index in [4.69, 9.17) is 4.74 Å². The first kappa shape index (κ1) is 14.0. The van der Waals surface area contributed by atoms with Gasteiger partial charge in [0, 0.05) is 19.6 Å². The molecular weight excluding hydrogens is 244 g/mol. The first-order valence-corrected chi connectivity index (χ1v) is 6.51. The Balaban J connectivity index is 1.80. The Labute approximate surface area is 113 Å². The van der Waals surface area contributed by atoms with Crippen molar-refractivity contribution in [2.75, 3.05) is 26.2 Å². The molecule has 1 aromatic carbocycles. The lowest BCUT2D eigenvalue weighted by atomic mass is 10.1. The van der Waals surface area contributed by atoms with Crippen molar-refractivity contribution in [1.29, 1.82) is 0 Å². The summed E-state index contributed by atoms with van der Waals surface area (Å²) in [5, 5.41) is 15.8. The number of ether oxygens (including phenoxy) is 1. The summed E-state index contributed by atoms with van der Waals surface area (Å²) in [5.74, 6) is -0.182. The van der Waals surface area contributed by atoms with Crippen molar-refractivity contribution >= 4 is 5.91 Å². The Morgan fingerprint density at radius 2 is 2.26 bits per heavy atom. The number of rotatable bonds is 4. The summed E-state index contributed by atoms with van der Waals surface area (Å²) in [6, 6.07) is 7.61. The molecule has 0 unspecified atom stereocenters. The maximum Gasteiger partial charge on any atom is 0.250 e. The van der Waals surface area contributed by atoms with Gasteiger partial charge < -0.3 is 20.5 Å². The molecule has 5 nitrogen and oxygen atoms in total. The van der Waals surface area contributed by atoms with Crippen LogP contribution in [-0.4, -0.2) is 43.4 Å². The fourth-order valence-corrected chi connectivity index (χ4v) is 1.95. The minimum Gasteiger partial charge on any atom is -0.387 e. The molecule has 0 bridgehead atoms. The summed E-state index contributed by atoms with van der Waals surface area (Å²) in [5.41, 5.74) is 1.94. The largest absolute Gasteiger partial charge is 0.387 e. The minimum absolute atomic E-state index is 0.182. The number of aliphatic hydroxyl groups excluding tert-OH is 1. The summed E-state index contributed by atoms with van der Waals surface area (Å²) >= 11 is 0. The van der Waals surface area contributed by atoms with E-state index in [-0.39, 0.29) is 12.5 Å². The first-order valence-electron chi connectivity index (χ1n) is 6.51. The van der Waals surface area contributed by atoms with E-state index in [0.29, 0.717) is 13.2 Å². The Bertz CT molecular complexity index is 413. The average molecular weight is 264 g/mol. The van der Waals surface area contributed by atoms with Gasteiger partial charge in [-0.15, -0.1) is 0 Å². The fraction of sp³-hybridized carbons (Fsp3) is 0.500. The number of aliphatic hydroxyl groups is 1. The summed E-state index contributed by atoms with van der Waals surface area (Å²) < 4.78 is 5.34. The van der Waals surface area contributed by atoms with E-state index < -0.39 is 12.2 Å². The normalized spacial score (nSPS) is 20.8. The van der Waals surface area contributed by atoms with E-state index >= 15 is 0 Å². The smallest absolute Gasteiger partial charge is 0.250 e. The van der Waals surface area contributed by atoms with Gasteiger partial charge in [0.1, 0.15) is 6.10 Å². The first-order chi connectivity index (χ1) is 9.16. The highest BCUT2D eigenvalue weighted by atomic mass is 16.5. The van der Waals surface area contributed by atoms with Crippen LogP contribution in [0.4, 0.5) is 0 Å². The maximum atomic E-state index is 11.8. The second-order valence-corrected chi connectivity index (χ2v) is 4.74. The summed E-state index contributed by atoms with van der Waals surface area (Å²) in [4.78, 5) is 11.8. The van der Waals surface area contributed by atoms with Crippen LogP contribution in [0.2, 0.25) is 0 Å². The molecule has 1 aromatic rings. The van der Waals surface area contributed by atoms with Crippen molar-refractivity contribution in [3.8, 4) is 0 Å². The molecule has 1 aliphatic heterocycles. The number of carbonyl (C=O) groups is 1. The van der Waals surface area contributed by atoms with Crippen molar-refractivity contribution in [3.63, 3.8) is 0 Å². The molecule has 0 aliphatic carbocycles. The highest BCUT2D eigenvalue weighted by molar-refractivity contribution is 5.81. The molecule has 1 saturated heterocycles. The summed E-state index contributed by atoms with van der Waals surface area (Å²) in [7, 11) is 0. The van der Waals surface area contributed by atoms with E-state index in [1.807, 2.05) is 31.2 Å². The lowest BCUT2D eigenvalue weighted by Gasteiger charge is -2.23. The van der Waals surface area contributed by atoms with E-state index in [9.17, 15) is 9.90 Å². The van der Waals surface area contributed by atoms with Gasteiger partial charge in [-0.25, -0.2) is 0 Å². The number of nitrogens with one attached hydrogen (secondary N) is 2. The quantitative estimate of drug-likeness (QED) is 0.723. The molecule has 0 radical (unpaired) electrons. The van der Waals surface area contributed by atoms with Gasteiger partial charge in [0.25, 0.3) is 5.91 Å². The molecule has 2 atom stereocenters. The van der Waals surface area contributed by atoms with Crippen LogP contribution < -0.4 is 10.6 Å². The zero-order valence-corrected chi connectivity index (χ0v) is 11.1. The molecule has 104 valence electrons. The molecule has 19 heavy (non-hydrogen) atoms. The maximum absolute atomic E-state index is 11.8. The number of aryl methyl sites for hydroxylation is 1. The van der Waals surface area contributed by atoms with Gasteiger partial charge in [0.05, 0.1) is 12.7 Å². The van der Waals surface area contributed by atoms with Crippen LogP contribution in [0.15, 0.2) is 24.3 Å². The Morgan fingerprint density at radius 3 is 2.89 bits per heavy atom. The zero-order valence-electron chi connectivity index (χ0n) is 11.1. The van der Waals surface area contributed by atoms with Crippen molar-refractivity contribution in [2.24, 2.45) is 0 Å². The number of hydrogen-bond acceptors (Lipinski definition) is 4. The molecule has 2 rings (SSSR count). The van der Waals surface area contributed by atoms with Crippen molar-refractivity contribution in [2.45, 2.75) is 19.1 Å². The zero-order chi connectivity index (χ0) is 13.7. The number of amides is 1. The molecule has 0 spiro atoms. The minimum atomic E-state index is -0.693. The highest BCUT2D eigenvalue weighted by Crippen LogP contribution is 2.12. The molecule has 1 fully saturated rings. The van der Waals surface area contributed by atoms with Crippen molar-refractivity contribution in [3.05, 3.63) is 35.4 Å². The van der Waals surface area contributed by atoms with Crippen LogP contribution in [0, 0.1) is 6.92 Å². The van der Waals surface area contributed by atoms with Crippen LogP contribution in [0.3, 0.4) is 0 Å². The second-order valence-electron chi connectivity index (χ2n) is 4.74. The molecule has 0 aromatic heterocycles. The molecule has 1 amide bonds. The third-order valence-corrected chi connectivity index (χ3v) is 3.15. The van der Waals surface area contributed by atoms with Crippen LogP contribution in [0.1, 0.15) is 17.2 Å². The van der Waals surface area contributed by atoms with Crippen molar-refractivity contribution < 1.29 is 14.6 Å². The lowest BCUT2D eigenvalue weighted by molar-refractivity contribution is -0.134. The standard InChI is InChI=1S/C14H20N2O3/c1-10-2-4-11(5-3-10)12(17)8-16-14(18)13-9-15-6-7-19-13/h2-5,12-13,15,17H,6-9H2,1H3,(H,16,18)/t12-,13-/m1/s1. The lowest BCUT2D eigenvalue weighted by Crippen LogP contribution is -2.48. The fourth-order valence-electron chi connectivity index (χ4n) is 1.95. The van der Waals surface area contributed by atoms with E-state index in [0.717, 1.165) is 17.7 Å². The monoisotopic (exact) mass is 264 g/mol. The third-order valence-electron chi connectivity index (χ3n) is 3.15. The topological polar surface area (TPSA) is 70.6 Å². The predicted octanol–water partition coefficient (Wildman–Crippen LogP) is 0.133. The molecule has 5 heteroatoms. The van der Waals surface area contributed by atoms with Gasteiger partial charge in [-0.1, -0.05) is 29.8 Å². The van der Waals surface area contributed by atoms with Crippen LogP contribution in [-0.2, 0) is 9.53 Å². The molecule has 3 N–H and O–H groups in total. The molecule has 1 aliphatic rings. The Morgan fingerprint density at radius 1 is 1.53 bits per heavy atom. The third kappa shape index (κ3) is 4.02. The molecule has 1 heterocycles. The Kier molecular flexibility index (Phi) is 4.90. The van der Waals surface area contributed by atoms with Crippen LogP contribution in [0.5, 0.6) is 0 Å². The number of carbonyl (C=O) groups excluding carboxylic acids is 1. The van der Waals surface area contributed by atoms with Gasteiger partial charge in [-0.05, 0) is 12.5 Å². The van der Waals surface area contributed by atoms with E-state index in [1.165, 1.54) is 0 Å². The Hall–Kier alpha value is -1.43. The van der Waals surface area contributed by atoms with E-state index in [2.05, 4.69) is 10.6 Å². The van der Waals surface area contributed by atoms with Gasteiger partial charge in [-0.2, -0.15) is 0 Å². The van der Waals surface area contributed by atoms with Crippen molar-refractivity contribution in [1.82, 2.24) is 10.6 Å². The molecular formula is C14H20N2O3. The number of benzene rings is 1. The number of hydrogen-bond donors (Lipinski definition) is 3. The second kappa shape index (κ2) is 6.65. The van der Waals surface area contributed by atoms with E-state index in [1.54, 1.807) is 0 Å². The van der Waals surface area contributed by atoms with Gasteiger partial charge in [0.2, 0.25) is 0 Å². The van der Waals surface area contributed by atoms with Crippen LogP contribution >= 0.6 is 0 Å². The van der Waals surface area contributed by atoms with Gasteiger partial charge >= 0.3 is 0 Å². The van der Waals surface area contributed by atoms with Crippen LogP contribution in [0.25, 0.3) is 0 Å². The molecule has 0 saturated carbocycles. The highest BCUT2D eigenvalue weighted by Gasteiger charge is 2.22. The number of morpholine rings is 1. The van der Waals surface area contributed by atoms with Gasteiger partial charge in [0.15, 0.2) is 0 Å².